The molecule has 2 rings (SSSR count). The van der Waals surface area contributed by atoms with E-state index in [1.54, 1.807) is 0 Å². The van der Waals surface area contributed by atoms with E-state index in [1.165, 1.54) is 0 Å². The lowest BCUT2D eigenvalue weighted by Gasteiger charge is -2.06. The van der Waals surface area contributed by atoms with Gasteiger partial charge in [-0.15, -0.1) is 12.6 Å². The molecule has 0 spiro atoms. The molecule has 2 aromatic carbocycles. The van der Waals surface area contributed by atoms with E-state index in [4.69, 9.17) is 9.47 Å². The van der Waals surface area contributed by atoms with Crippen LogP contribution < -0.4 is 5.32 Å². The number of amidine groups is 1. The van der Waals surface area contributed by atoms with Gasteiger partial charge in [-0.3, -0.25) is 5.32 Å². The summed E-state index contributed by atoms with van der Waals surface area (Å²) in [5.41, 5.74) is 1.67. The van der Waals surface area contributed by atoms with Crippen LogP contribution in [0.1, 0.15) is 11.1 Å². The normalized spacial score (nSPS) is 10.8. The Morgan fingerprint density at radius 1 is 0.875 bits per heavy atom. The highest BCUT2D eigenvalue weighted by atomic mass is 32.1. The minimum atomic E-state index is -0.854. The number of hydrogen-bond donors (Lipinski definition) is 2. The van der Waals surface area contributed by atoms with Crippen LogP contribution in [0.3, 0.4) is 0 Å². The number of aliphatic imine (C=N–C) groups is 1. The SMILES string of the molecule is O=C(N=C(S)NC(=O)OCc1ccccc1)OCc1ccccc1. The van der Waals surface area contributed by atoms with Gasteiger partial charge in [0.05, 0.1) is 0 Å². The van der Waals surface area contributed by atoms with Crippen molar-refractivity contribution in [3.05, 3.63) is 71.8 Å². The summed E-state index contributed by atoms with van der Waals surface area (Å²) in [5, 5.41) is 2.03. The zero-order chi connectivity index (χ0) is 17.2. The van der Waals surface area contributed by atoms with E-state index in [0.29, 0.717) is 0 Å². The molecule has 0 aliphatic rings. The molecule has 0 saturated carbocycles. The maximum absolute atomic E-state index is 11.6. The van der Waals surface area contributed by atoms with Gasteiger partial charge in [-0.2, -0.15) is 4.99 Å². The second-order valence-corrected chi connectivity index (χ2v) is 5.09. The average Bonchev–Trinajstić information content (AvgIpc) is 2.60. The zero-order valence-corrected chi connectivity index (χ0v) is 13.6. The lowest BCUT2D eigenvalue weighted by Crippen LogP contribution is -2.28. The van der Waals surface area contributed by atoms with Crippen molar-refractivity contribution >= 4 is 30.0 Å². The van der Waals surface area contributed by atoms with Crippen LogP contribution in [0.2, 0.25) is 0 Å². The number of nitrogens with one attached hydrogen (secondary N) is 1. The smallest absolute Gasteiger partial charge is 0.436 e. The molecule has 7 heteroatoms. The predicted molar refractivity (Wildman–Crippen MR) is 92.8 cm³/mol. The van der Waals surface area contributed by atoms with Gasteiger partial charge in [0, 0.05) is 0 Å². The average molecular weight is 344 g/mol. The number of carbonyl (C=O) groups is 2. The molecule has 0 aliphatic heterocycles. The fourth-order valence-corrected chi connectivity index (χ4v) is 1.89. The fourth-order valence-electron chi connectivity index (χ4n) is 1.72. The van der Waals surface area contributed by atoms with E-state index >= 15 is 0 Å². The second-order valence-electron chi connectivity index (χ2n) is 4.66. The first-order valence-electron chi connectivity index (χ1n) is 7.09. The van der Waals surface area contributed by atoms with Crippen LogP contribution in [-0.4, -0.2) is 17.4 Å². The van der Waals surface area contributed by atoms with Crippen molar-refractivity contribution in [2.45, 2.75) is 13.2 Å². The molecule has 0 unspecified atom stereocenters. The van der Waals surface area contributed by atoms with Gasteiger partial charge in [0.2, 0.25) is 0 Å². The Morgan fingerprint density at radius 3 is 1.92 bits per heavy atom. The first kappa shape index (κ1) is 17.6. The van der Waals surface area contributed by atoms with Gasteiger partial charge in [-0.1, -0.05) is 60.7 Å². The molecule has 6 nitrogen and oxygen atoms in total. The number of ether oxygens (including phenoxy) is 2. The topological polar surface area (TPSA) is 77.0 Å². The number of nitrogens with zero attached hydrogens (tertiary/aromatic N) is 1. The van der Waals surface area contributed by atoms with Crippen molar-refractivity contribution in [3.8, 4) is 0 Å². The van der Waals surface area contributed by atoms with E-state index in [1.807, 2.05) is 60.7 Å². The molecule has 2 amide bonds. The van der Waals surface area contributed by atoms with Crippen molar-refractivity contribution in [2.75, 3.05) is 0 Å². The Bertz CT molecular complexity index is 705. The quantitative estimate of drug-likeness (QED) is 0.505. The van der Waals surface area contributed by atoms with Gasteiger partial charge >= 0.3 is 12.2 Å². The molecular formula is C17H16N2O4S. The zero-order valence-electron chi connectivity index (χ0n) is 12.7. The van der Waals surface area contributed by atoms with Gasteiger partial charge in [-0.25, -0.2) is 9.59 Å². The third-order valence-corrected chi connectivity index (χ3v) is 3.04. The largest absolute Gasteiger partial charge is 0.444 e. The highest BCUT2D eigenvalue weighted by molar-refractivity contribution is 7.96. The van der Waals surface area contributed by atoms with Crippen molar-refractivity contribution < 1.29 is 19.1 Å². The van der Waals surface area contributed by atoms with Gasteiger partial charge in [0.1, 0.15) is 13.2 Å². The number of benzene rings is 2. The summed E-state index contributed by atoms with van der Waals surface area (Å²) in [7, 11) is 0. The Labute approximate surface area is 144 Å². The molecule has 1 N–H and O–H groups in total. The summed E-state index contributed by atoms with van der Waals surface area (Å²) in [6.45, 7) is 0.189. The first-order valence-corrected chi connectivity index (χ1v) is 7.54. The number of alkyl carbamates (subject to hydrolysis) is 1. The molecule has 0 heterocycles. The fraction of sp³-hybridized carbons (Fsp3) is 0.118. The summed E-state index contributed by atoms with van der Waals surface area (Å²) < 4.78 is 9.92. The van der Waals surface area contributed by atoms with Crippen molar-refractivity contribution in [3.63, 3.8) is 0 Å². The van der Waals surface area contributed by atoms with Crippen LogP contribution >= 0.6 is 12.6 Å². The number of amides is 2. The monoisotopic (exact) mass is 344 g/mol. The summed E-state index contributed by atoms with van der Waals surface area (Å²) in [6.07, 6.45) is -1.62. The van der Waals surface area contributed by atoms with Crippen LogP contribution in [0.25, 0.3) is 0 Å². The maximum atomic E-state index is 11.6. The third kappa shape index (κ3) is 6.53. The Hall–Kier alpha value is -2.80. The Kier molecular flexibility index (Phi) is 6.85. The van der Waals surface area contributed by atoms with Crippen LogP contribution in [0.15, 0.2) is 65.7 Å². The highest BCUT2D eigenvalue weighted by Crippen LogP contribution is 2.02. The molecule has 0 saturated heterocycles. The summed E-state index contributed by atoms with van der Waals surface area (Å²) >= 11 is 3.91. The van der Waals surface area contributed by atoms with Crippen molar-refractivity contribution in [1.82, 2.24) is 5.32 Å². The molecule has 0 radical (unpaired) electrons. The minimum Gasteiger partial charge on any atom is -0.444 e. The van der Waals surface area contributed by atoms with Crippen LogP contribution in [0, 0.1) is 0 Å². The standard InChI is InChI=1S/C17H16N2O4S/c20-16(22-11-13-7-3-1-4-8-13)18-15(24)19-17(21)23-12-14-9-5-2-6-10-14/h1-10H,11-12H2,(H2,18,19,20,21,24). The minimum absolute atomic E-state index is 0.0860. The van der Waals surface area contributed by atoms with Crippen LogP contribution in [-0.2, 0) is 22.7 Å². The predicted octanol–water partition coefficient (Wildman–Crippen LogP) is 3.54. The van der Waals surface area contributed by atoms with E-state index < -0.39 is 12.2 Å². The van der Waals surface area contributed by atoms with Crippen molar-refractivity contribution in [2.24, 2.45) is 4.99 Å². The molecular weight excluding hydrogens is 328 g/mol. The summed E-state index contributed by atoms with van der Waals surface area (Å²) in [5.74, 6) is 0. The Morgan fingerprint density at radius 2 is 1.38 bits per heavy atom. The molecule has 0 atom stereocenters. The van der Waals surface area contributed by atoms with Gasteiger partial charge in [-0.05, 0) is 11.1 Å². The van der Waals surface area contributed by atoms with Gasteiger partial charge in [0.15, 0.2) is 5.17 Å². The first-order chi connectivity index (χ1) is 11.6. The molecule has 0 aromatic heterocycles. The number of rotatable bonds is 4. The summed E-state index contributed by atoms with van der Waals surface area (Å²) in [4.78, 5) is 26.6. The third-order valence-electron chi connectivity index (χ3n) is 2.83. The molecule has 0 aliphatic carbocycles. The number of carbonyl (C=O) groups excluding carboxylic acids is 2. The van der Waals surface area contributed by atoms with E-state index in [0.717, 1.165) is 11.1 Å². The summed E-state index contributed by atoms with van der Waals surface area (Å²) in [6, 6.07) is 18.4. The van der Waals surface area contributed by atoms with Crippen LogP contribution in [0.5, 0.6) is 0 Å². The number of hydrogen-bond acceptors (Lipinski definition) is 4. The molecule has 2 aromatic rings. The second kappa shape index (κ2) is 9.36. The van der Waals surface area contributed by atoms with Gasteiger partial charge in [0.25, 0.3) is 0 Å². The lowest BCUT2D eigenvalue weighted by atomic mass is 10.2. The van der Waals surface area contributed by atoms with Gasteiger partial charge < -0.3 is 9.47 Å². The molecule has 0 fully saturated rings. The van der Waals surface area contributed by atoms with E-state index in [2.05, 4.69) is 22.9 Å². The Balaban J connectivity index is 1.73. The van der Waals surface area contributed by atoms with Crippen LogP contribution in [0.4, 0.5) is 9.59 Å². The molecule has 24 heavy (non-hydrogen) atoms. The van der Waals surface area contributed by atoms with E-state index in [-0.39, 0.29) is 18.4 Å². The highest BCUT2D eigenvalue weighted by Gasteiger charge is 2.07. The lowest BCUT2D eigenvalue weighted by molar-refractivity contribution is 0.145. The van der Waals surface area contributed by atoms with Crippen molar-refractivity contribution in [1.29, 1.82) is 0 Å². The number of thiol groups is 1. The van der Waals surface area contributed by atoms with E-state index in [9.17, 15) is 9.59 Å². The molecule has 0 bridgehead atoms. The maximum Gasteiger partial charge on any atom is 0.436 e. The molecule has 124 valence electrons.